The molecule has 0 fully saturated rings. The van der Waals surface area contributed by atoms with Gasteiger partial charge in [-0.25, -0.2) is 4.68 Å². The van der Waals surface area contributed by atoms with Gasteiger partial charge in [-0.3, -0.25) is 4.79 Å². The van der Waals surface area contributed by atoms with E-state index in [-0.39, 0.29) is 5.91 Å². The Balaban J connectivity index is 1.43. The topological polar surface area (TPSA) is 73.4 Å². The SMILES string of the molecule is Cc1noc(C)c1COc1ccc(C(=O)N(C)Cc2c(C)nn(-c3ccccc3)c2C)cc1. The lowest BCUT2D eigenvalue weighted by Crippen LogP contribution is -2.26. The number of aryl methyl sites for hydroxylation is 3. The van der Waals surface area contributed by atoms with Crippen LogP contribution in [0.1, 0.15) is 44.3 Å². The highest BCUT2D eigenvalue weighted by Gasteiger charge is 2.18. The van der Waals surface area contributed by atoms with Crippen LogP contribution >= 0.6 is 0 Å². The molecule has 170 valence electrons. The third kappa shape index (κ3) is 4.67. The summed E-state index contributed by atoms with van der Waals surface area (Å²) in [4.78, 5) is 14.7. The lowest BCUT2D eigenvalue weighted by Gasteiger charge is -2.18. The minimum Gasteiger partial charge on any atom is -0.489 e. The number of aromatic nitrogens is 3. The first-order chi connectivity index (χ1) is 15.8. The van der Waals surface area contributed by atoms with E-state index in [1.807, 2.05) is 81.9 Å². The minimum absolute atomic E-state index is 0.0569. The molecular weight excluding hydrogens is 416 g/mol. The zero-order valence-electron chi connectivity index (χ0n) is 19.6. The maximum atomic E-state index is 13.0. The quantitative estimate of drug-likeness (QED) is 0.403. The molecule has 0 bridgehead atoms. The maximum absolute atomic E-state index is 13.0. The molecule has 0 aliphatic rings. The summed E-state index contributed by atoms with van der Waals surface area (Å²) in [6.45, 7) is 8.62. The number of hydrogen-bond donors (Lipinski definition) is 0. The van der Waals surface area contributed by atoms with Crippen LogP contribution in [0, 0.1) is 27.7 Å². The molecule has 4 rings (SSSR count). The molecule has 0 saturated carbocycles. The first-order valence-corrected chi connectivity index (χ1v) is 10.9. The molecule has 7 nitrogen and oxygen atoms in total. The van der Waals surface area contributed by atoms with Gasteiger partial charge in [0.1, 0.15) is 18.1 Å². The van der Waals surface area contributed by atoms with Crippen LogP contribution in [-0.4, -0.2) is 32.8 Å². The molecule has 0 aliphatic heterocycles. The van der Waals surface area contributed by atoms with Gasteiger partial charge in [-0.2, -0.15) is 5.10 Å². The van der Waals surface area contributed by atoms with Crippen molar-refractivity contribution in [2.75, 3.05) is 7.05 Å². The summed E-state index contributed by atoms with van der Waals surface area (Å²) in [6, 6.07) is 17.2. The van der Waals surface area contributed by atoms with E-state index in [0.717, 1.165) is 39.7 Å². The molecule has 33 heavy (non-hydrogen) atoms. The van der Waals surface area contributed by atoms with Gasteiger partial charge >= 0.3 is 0 Å². The van der Waals surface area contributed by atoms with Crippen molar-refractivity contribution < 1.29 is 14.1 Å². The zero-order valence-corrected chi connectivity index (χ0v) is 19.6. The number of ether oxygens (including phenoxy) is 1. The van der Waals surface area contributed by atoms with Crippen molar-refractivity contribution in [2.24, 2.45) is 0 Å². The van der Waals surface area contributed by atoms with E-state index >= 15 is 0 Å². The van der Waals surface area contributed by atoms with Crippen molar-refractivity contribution in [3.8, 4) is 11.4 Å². The molecule has 0 atom stereocenters. The average Bonchev–Trinajstić information content (AvgIpc) is 3.30. The van der Waals surface area contributed by atoms with Crippen LogP contribution in [-0.2, 0) is 13.2 Å². The molecule has 0 radical (unpaired) electrons. The fourth-order valence-electron chi connectivity index (χ4n) is 3.81. The summed E-state index contributed by atoms with van der Waals surface area (Å²) in [6.07, 6.45) is 0. The van der Waals surface area contributed by atoms with E-state index < -0.39 is 0 Å². The maximum Gasteiger partial charge on any atom is 0.253 e. The van der Waals surface area contributed by atoms with Crippen LogP contribution in [0.15, 0.2) is 59.1 Å². The van der Waals surface area contributed by atoms with Crippen molar-refractivity contribution in [1.29, 1.82) is 0 Å². The Morgan fingerprint density at radius 2 is 1.67 bits per heavy atom. The van der Waals surface area contributed by atoms with Crippen molar-refractivity contribution in [3.05, 3.63) is 94.1 Å². The van der Waals surface area contributed by atoms with E-state index in [4.69, 9.17) is 9.26 Å². The molecule has 0 spiro atoms. The first-order valence-electron chi connectivity index (χ1n) is 10.9. The summed E-state index contributed by atoms with van der Waals surface area (Å²) in [5, 5.41) is 8.62. The Kier molecular flexibility index (Phi) is 6.31. The van der Waals surface area contributed by atoms with Gasteiger partial charge in [0.15, 0.2) is 0 Å². The lowest BCUT2D eigenvalue weighted by atomic mass is 10.1. The standard InChI is InChI=1S/C26H28N4O3/c1-17-24(19(3)30(27-17)22-9-7-6-8-10-22)15-29(5)26(31)21-11-13-23(14-12-21)32-16-25-18(2)28-33-20(25)4/h6-14H,15-16H2,1-5H3. The van der Waals surface area contributed by atoms with E-state index in [1.165, 1.54) is 0 Å². The Labute approximate surface area is 193 Å². The van der Waals surface area contributed by atoms with Gasteiger partial charge in [-0.15, -0.1) is 0 Å². The number of benzene rings is 2. The second kappa shape index (κ2) is 9.32. The lowest BCUT2D eigenvalue weighted by molar-refractivity contribution is 0.0784. The average molecular weight is 445 g/mol. The number of hydrogen-bond acceptors (Lipinski definition) is 5. The highest BCUT2D eigenvalue weighted by molar-refractivity contribution is 5.94. The van der Waals surface area contributed by atoms with Gasteiger partial charge < -0.3 is 14.2 Å². The van der Waals surface area contributed by atoms with E-state index in [2.05, 4.69) is 10.3 Å². The number of amides is 1. The van der Waals surface area contributed by atoms with Gasteiger partial charge in [0, 0.05) is 30.4 Å². The molecule has 7 heteroatoms. The van der Waals surface area contributed by atoms with Gasteiger partial charge in [-0.1, -0.05) is 23.4 Å². The minimum atomic E-state index is -0.0569. The Hall–Kier alpha value is -3.87. The fraction of sp³-hybridized carbons (Fsp3) is 0.269. The third-order valence-corrected chi connectivity index (χ3v) is 5.85. The van der Waals surface area contributed by atoms with E-state index in [0.29, 0.717) is 24.5 Å². The van der Waals surface area contributed by atoms with Gasteiger partial charge in [0.25, 0.3) is 5.91 Å². The summed E-state index contributed by atoms with van der Waals surface area (Å²) in [5.74, 6) is 1.38. The monoisotopic (exact) mass is 444 g/mol. The van der Waals surface area contributed by atoms with Crippen LogP contribution in [0.2, 0.25) is 0 Å². The zero-order chi connectivity index (χ0) is 23.5. The molecule has 1 amide bonds. The van der Waals surface area contributed by atoms with Crippen LogP contribution in [0.5, 0.6) is 5.75 Å². The predicted octanol–water partition coefficient (Wildman–Crippen LogP) is 4.95. The fourth-order valence-corrected chi connectivity index (χ4v) is 3.81. The van der Waals surface area contributed by atoms with Crippen LogP contribution in [0.3, 0.4) is 0 Å². The van der Waals surface area contributed by atoms with E-state index in [1.54, 1.807) is 17.0 Å². The molecule has 0 saturated heterocycles. The van der Waals surface area contributed by atoms with E-state index in [9.17, 15) is 4.79 Å². The van der Waals surface area contributed by atoms with Gasteiger partial charge in [0.2, 0.25) is 0 Å². The van der Waals surface area contributed by atoms with Crippen LogP contribution in [0.4, 0.5) is 0 Å². The summed E-state index contributed by atoms with van der Waals surface area (Å²) < 4.78 is 12.9. The molecule has 0 aliphatic carbocycles. The first kappa shape index (κ1) is 22.3. The number of rotatable bonds is 7. The molecule has 0 unspecified atom stereocenters. The highest BCUT2D eigenvalue weighted by Crippen LogP contribution is 2.21. The number of nitrogens with zero attached hydrogens (tertiary/aromatic N) is 4. The highest BCUT2D eigenvalue weighted by atomic mass is 16.5. The van der Waals surface area contributed by atoms with Crippen molar-refractivity contribution >= 4 is 5.91 Å². The molecule has 0 N–H and O–H groups in total. The Morgan fingerprint density at radius 1 is 0.970 bits per heavy atom. The third-order valence-electron chi connectivity index (χ3n) is 5.85. The molecule has 2 aromatic carbocycles. The molecule has 2 heterocycles. The normalized spacial score (nSPS) is 10.9. The summed E-state index contributed by atoms with van der Waals surface area (Å²) in [5.41, 5.74) is 6.37. The molecular formula is C26H28N4O3. The summed E-state index contributed by atoms with van der Waals surface area (Å²) >= 11 is 0. The Bertz CT molecular complexity index is 1240. The van der Waals surface area contributed by atoms with Crippen molar-refractivity contribution in [2.45, 2.75) is 40.8 Å². The molecule has 2 aromatic heterocycles. The van der Waals surface area contributed by atoms with Gasteiger partial charge in [-0.05, 0) is 64.1 Å². The molecule has 4 aromatic rings. The van der Waals surface area contributed by atoms with Crippen molar-refractivity contribution in [1.82, 2.24) is 19.8 Å². The summed E-state index contributed by atoms with van der Waals surface area (Å²) in [7, 11) is 1.81. The largest absolute Gasteiger partial charge is 0.489 e. The predicted molar refractivity (Wildman–Crippen MR) is 126 cm³/mol. The Morgan fingerprint density at radius 3 is 2.30 bits per heavy atom. The number of para-hydroxylation sites is 1. The smallest absolute Gasteiger partial charge is 0.253 e. The number of carbonyl (C=O) groups excluding carboxylic acids is 1. The van der Waals surface area contributed by atoms with Crippen molar-refractivity contribution in [3.63, 3.8) is 0 Å². The van der Waals surface area contributed by atoms with Crippen LogP contribution < -0.4 is 4.74 Å². The van der Waals surface area contributed by atoms with Gasteiger partial charge in [0.05, 0.1) is 22.6 Å². The van der Waals surface area contributed by atoms with Crippen LogP contribution in [0.25, 0.3) is 5.69 Å². The second-order valence-electron chi connectivity index (χ2n) is 8.17. The number of carbonyl (C=O) groups is 1. The second-order valence-corrected chi connectivity index (χ2v) is 8.17.